The molecule has 1 aliphatic heterocycles. The zero-order valence-corrected chi connectivity index (χ0v) is 14.9. The summed E-state index contributed by atoms with van der Waals surface area (Å²) >= 11 is 0. The molecule has 1 amide bonds. The quantitative estimate of drug-likeness (QED) is 0.613. The summed E-state index contributed by atoms with van der Waals surface area (Å²) in [6, 6.07) is 14.5. The largest absolute Gasteiger partial charge is 0.457 e. The standard InChI is InChI=1S/C21H21NO4/c1-14-7-6-10-18(15(14)2)22-12-17(11-20(22)24)21(25)26-13-19(23)16-8-4-3-5-9-16/h3-10,17H,11-13H2,1-2H3. The predicted molar refractivity (Wildman–Crippen MR) is 98.1 cm³/mol. The number of benzene rings is 2. The zero-order valence-electron chi connectivity index (χ0n) is 14.9. The second-order valence-electron chi connectivity index (χ2n) is 6.52. The predicted octanol–water partition coefficient (Wildman–Crippen LogP) is 3.08. The van der Waals surface area contributed by atoms with Crippen molar-refractivity contribution in [1.82, 2.24) is 0 Å². The van der Waals surface area contributed by atoms with Crippen molar-refractivity contribution in [2.45, 2.75) is 20.3 Å². The van der Waals surface area contributed by atoms with Gasteiger partial charge in [0.05, 0.1) is 5.92 Å². The molecule has 1 unspecified atom stereocenters. The van der Waals surface area contributed by atoms with Gasteiger partial charge in [0.25, 0.3) is 0 Å². The minimum Gasteiger partial charge on any atom is -0.457 e. The minimum absolute atomic E-state index is 0.102. The normalized spacial score (nSPS) is 16.6. The van der Waals surface area contributed by atoms with E-state index in [0.29, 0.717) is 5.56 Å². The van der Waals surface area contributed by atoms with Gasteiger partial charge in [-0.3, -0.25) is 14.4 Å². The van der Waals surface area contributed by atoms with Gasteiger partial charge in [0.15, 0.2) is 12.4 Å². The van der Waals surface area contributed by atoms with Crippen LogP contribution in [0.5, 0.6) is 0 Å². The highest BCUT2D eigenvalue weighted by atomic mass is 16.5. The molecule has 5 nitrogen and oxygen atoms in total. The molecule has 3 rings (SSSR count). The molecule has 1 saturated heterocycles. The number of hydrogen-bond acceptors (Lipinski definition) is 4. The third-order valence-electron chi connectivity index (χ3n) is 4.77. The fourth-order valence-electron chi connectivity index (χ4n) is 3.09. The molecule has 1 atom stereocenters. The van der Waals surface area contributed by atoms with E-state index in [1.165, 1.54) is 0 Å². The van der Waals surface area contributed by atoms with Crippen LogP contribution in [-0.4, -0.2) is 30.8 Å². The van der Waals surface area contributed by atoms with Crippen molar-refractivity contribution in [3.05, 3.63) is 65.2 Å². The Kier molecular flexibility index (Phi) is 5.16. The maximum Gasteiger partial charge on any atom is 0.311 e. The average molecular weight is 351 g/mol. The fraction of sp³-hybridized carbons (Fsp3) is 0.286. The molecule has 0 aromatic heterocycles. The lowest BCUT2D eigenvalue weighted by Crippen LogP contribution is -2.27. The Labute approximate surface area is 152 Å². The summed E-state index contributed by atoms with van der Waals surface area (Å²) in [5, 5.41) is 0. The number of nitrogens with zero attached hydrogens (tertiary/aromatic N) is 1. The number of anilines is 1. The van der Waals surface area contributed by atoms with E-state index >= 15 is 0 Å². The molecule has 1 aliphatic rings. The molecule has 2 aromatic rings. The summed E-state index contributed by atoms with van der Waals surface area (Å²) in [5.41, 5.74) is 3.44. The second-order valence-corrected chi connectivity index (χ2v) is 6.52. The minimum atomic E-state index is -0.550. The van der Waals surface area contributed by atoms with E-state index in [0.717, 1.165) is 16.8 Å². The van der Waals surface area contributed by atoms with Gasteiger partial charge in [0, 0.05) is 24.2 Å². The third-order valence-corrected chi connectivity index (χ3v) is 4.77. The second kappa shape index (κ2) is 7.52. The molecular weight excluding hydrogens is 330 g/mol. The van der Waals surface area contributed by atoms with Crippen LogP contribution in [0.2, 0.25) is 0 Å². The lowest BCUT2D eigenvalue weighted by atomic mass is 10.1. The van der Waals surface area contributed by atoms with Crippen LogP contribution < -0.4 is 4.90 Å². The first-order valence-corrected chi connectivity index (χ1v) is 8.59. The van der Waals surface area contributed by atoms with Gasteiger partial charge >= 0.3 is 5.97 Å². The molecule has 0 spiro atoms. The van der Waals surface area contributed by atoms with Crippen LogP contribution in [0.25, 0.3) is 0 Å². The SMILES string of the molecule is Cc1cccc(N2CC(C(=O)OCC(=O)c3ccccc3)CC2=O)c1C. The van der Waals surface area contributed by atoms with Crippen LogP contribution in [0.4, 0.5) is 5.69 Å². The van der Waals surface area contributed by atoms with Crippen LogP contribution in [0.1, 0.15) is 27.9 Å². The van der Waals surface area contributed by atoms with Gasteiger partial charge in [-0.25, -0.2) is 0 Å². The lowest BCUT2D eigenvalue weighted by Gasteiger charge is -2.20. The number of carbonyl (C=O) groups is 3. The van der Waals surface area contributed by atoms with Gasteiger partial charge in [0.2, 0.25) is 5.91 Å². The van der Waals surface area contributed by atoms with Gasteiger partial charge in [-0.05, 0) is 31.0 Å². The maximum absolute atomic E-state index is 12.4. The lowest BCUT2D eigenvalue weighted by molar-refractivity contribution is -0.147. The van der Waals surface area contributed by atoms with Crippen molar-refractivity contribution >= 4 is 23.3 Å². The third kappa shape index (κ3) is 3.67. The summed E-state index contributed by atoms with van der Waals surface area (Å²) in [4.78, 5) is 38.3. The summed E-state index contributed by atoms with van der Waals surface area (Å²) < 4.78 is 5.16. The van der Waals surface area contributed by atoms with Crippen molar-refractivity contribution in [3.8, 4) is 0 Å². The number of aryl methyl sites for hydroxylation is 1. The molecule has 134 valence electrons. The van der Waals surface area contributed by atoms with Crippen LogP contribution in [0.15, 0.2) is 48.5 Å². The van der Waals surface area contributed by atoms with Crippen LogP contribution in [0.3, 0.4) is 0 Å². The number of amides is 1. The van der Waals surface area contributed by atoms with Crippen LogP contribution in [0, 0.1) is 19.8 Å². The van der Waals surface area contributed by atoms with E-state index in [9.17, 15) is 14.4 Å². The van der Waals surface area contributed by atoms with Gasteiger partial charge < -0.3 is 9.64 Å². The zero-order chi connectivity index (χ0) is 18.7. The Morgan fingerprint density at radius 3 is 2.54 bits per heavy atom. The number of rotatable bonds is 5. The van der Waals surface area contributed by atoms with Gasteiger partial charge in [-0.2, -0.15) is 0 Å². The molecular formula is C21H21NO4. The molecule has 26 heavy (non-hydrogen) atoms. The molecule has 0 N–H and O–H groups in total. The molecule has 5 heteroatoms. The van der Waals surface area contributed by atoms with Crippen LogP contribution >= 0.6 is 0 Å². The van der Waals surface area contributed by atoms with Crippen LogP contribution in [-0.2, 0) is 14.3 Å². The maximum atomic E-state index is 12.4. The Balaban J connectivity index is 1.62. The van der Waals surface area contributed by atoms with E-state index < -0.39 is 11.9 Å². The molecule has 2 aromatic carbocycles. The van der Waals surface area contributed by atoms with Gasteiger partial charge in [-0.15, -0.1) is 0 Å². The van der Waals surface area contributed by atoms with Crippen molar-refractivity contribution in [1.29, 1.82) is 0 Å². The number of esters is 1. The highest BCUT2D eigenvalue weighted by Gasteiger charge is 2.37. The van der Waals surface area contributed by atoms with Crippen molar-refractivity contribution in [2.75, 3.05) is 18.1 Å². The molecule has 0 aliphatic carbocycles. The molecule has 0 bridgehead atoms. The average Bonchev–Trinajstić information content (AvgIpc) is 3.04. The van der Waals surface area contributed by atoms with E-state index in [1.807, 2.05) is 38.1 Å². The number of ketones is 1. The molecule has 1 fully saturated rings. The summed E-state index contributed by atoms with van der Waals surface area (Å²) in [7, 11) is 0. The van der Waals surface area contributed by atoms with E-state index in [1.54, 1.807) is 29.2 Å². The first-order valence-electron chi connectivity index (χ1n) is 8.59. The van der Waals surface area contributed by atoms with E-state index in [-0.39, 0.29) is 31.3 Å². The molecule has 1 heterocycles. The van der Waals surface area contributed by atoms with Gasteiger partial charge in [-0.1, -0.05) is 42.5 Å². The highest BCUT2D eigenvalue weighted by Crippen LogP contribution is 2.29. The van der Waals surface area contributed by atoms with E-state index in [2.05, 4.69) is 0 Å². The Bertz CT molecular complexity index is 844. The topological polar surface area (TPSA) is 63.7 Å². The van der Waals surface area contributed by atoms with Gasteiger partial charge in [0.1, 0.15) is 0 Å². The highest BCUT2D eigenvalue weighted by molar-refractivity contribution is 6.01. The Morgan fingerprint density at radius 1 is 1.08 bits per heavy atom. The smallest absolute Gasteiger partial charge is 0.311 e. The first-order chi connectivity index (χ1) is 12.5. The number of ether oxygens (including phenoxy) is 1. The fourth-order valence-corrected chi connectivity index (χ4v) is 3.09. The monoisotopic (exact) mass is 351 g/mol. The number of carbonyl (C=O) groups excluding carboxylic acids is 3. The summed E-state index contributed by atoms with van der Waals surface area (Å²) in [6.07, 6.45) is 0.103. The number of Topliss-reactive ketones (excluding diaryl/α,β-unsaturated/α-hetero) is 1. The van der Waals surface area contributed by atoms with Crippen molar-refractivity contribution < 1.29 is 19.1 Å². The summed E-state index contributed by atoms with van der Waals surface area (Å²) in [6.45, 7) is 3.92. The van der Waals surface area contributed by atoms with E-state index in [4.69, 9.17) is 4.74 Å². The first kappa shape index (κ1) is 17.9. The molecule has 0 radical (unpaired) electrons. The van der Waals surface area contributed by atoms with Crippen molar-refractivity contribution in [3.63, 3.8) is 0 Å². The Morgan fingerprint density at radius 2 is 1.81 bits per heavy atom. The Hall–Kier alpha value is -2.95. The number of hydrogen-bond donors (Lipinski definition) is 0. The molecule has 0 saturated carbocycles. The summed E-state index contributed by atoms with van der Waals surface area (Å²) in [5.74, 6) is -1.41. The van der Waals surface area contributed by atoms with Crippen molar-refractivity contribution in [2.24, 2.45) is 5.92 Å².